The molecule has 0 aliphatic heterocycles. The van der Waals surface area contributed by atoms with Gasteiger partial charge in [-0.15, -0.1) is 0 Å². The molecule has 0 aromatic heterocycles. The first-order valence-corrected chi connectivity index (χ1v) is 5.61. The zero-order chi connectivity index (χ0) is 11.9. The van der Waals surface area contributed by atoms with E-state index in [1.807, 2.05) is 39.8 Å². The van der Waals surface area contributed by atoms with Crippen LogP contribution in [0.15, 0.2) is 24.3 Å². The quantitative estimate of drug-likeness (QED) is 0.706. The van der Waals surface area contributed by atoms with E-state index in [1.54, 1.807) is 0 Å². The van der Waals surface area contributed by atoms with Crippen LogP contribution < -0.4 is 0 Å². The van der Waals surface area contributed by atoms with E-state index in [0.29, 0.717) is 0 Å². The van der Waals surface area contributed by atoms with Crippen molar-refractivity contribution in [2.45, 2.75) is 46.5 Å². The van der Waals surface area contributed by atoms with E-state index in [4.69, 9.17) is 5.26 Å². The Kier molecular flexibility index (Phi) is 5.70. The highest BCUT2D eigenvalue weighted by molar-refractivity contribution is 5.32. The van der Waals surface area contributed by atoms with Gasteiger partial charge in [0.25, 0.3) is 0 Å². The number of hydrogen-bond acceptors (Lipinski definition) is 1. The maximum atomic E-state index is 9.06. The minimum absolute atomic E-state index is 0.326. The SMILES string of the molecule is CC.CCC(C)(C#N)c1ccc(C)cc1. The van der Waals surface area contributed by atoms with Crippen LogP contribution in [0.25, 0.3) is 0 Å². The Hall–Kier alpha value is -1.29. The Balaban J connectivity index is 0.000000921. The molecule has 0 heterocycles. The molecule has 0 N–H and O–H groups in total. The second kappa shape index (κ2) is 6.24. The highest BCUT2D eigenvalue weighted by Crippen LogP contribution is 2.26. The molecule has 1 nitrogen and oxygen atoms in total. The summed E-state index contributed by atoms with van der Waals surface area (Å²) in [6.45, 7) is 10.1. The largest absolute Gasteiger partial charge is 0.197 e. The van der Waals surface area contributed by atoms with Crippen molar-refractivity contribution in [2.24, 2.45) is 0 Å². The highest BCUT2D eigenvalue weighted by Gasteiger charge is 2.23. The standard InChI is InChI=1S/C12H15N.C2H6/c1-4-12(3,9-13)11-7-5-10(2)6-8-11;1-2/h5-8H,4H2,1-3H3;1-2H3. The lowest BCUT2D eigenvalue weighted by atomic mass is 9.81. The van der Waals surface area contributed by atoms with E-state index in [9.17, 15) is 0 Å². The van der Waals surface area contributed by atoms with Gasteiger partial charge in [-0.3, -0.25) is 0 Å². The van der Waals surface area contributed by atoms with Gasteiger partial charge in [-0.2, -0.15) is 5.26 Å². The first-order valence-electron chi connectivity index (χ1n) is 5.61. The number of nitrogens with zero attached hydrogens (tertiary/aromatic N) is 1. The van der Waals surface area contributed by atoms with Gasteiger partial charge in [-0.1, -0.05) is 50.6 Å². The number of hydrogen-bond donors (Lipinski definition) is 0. The van der Waals surface area contributed by atoms with E-state index >= 15 is 0 Å². The number of nitriles is 1. The molecule has 1 atom stereocenters. The van der Waals surface area contributed by atoms with Crippen molar-refractivity contribution >= 4 is 0 Å². The minimum Gasteiger partial charge on any atom is -0.197 e. The predicted octanol–water partition coefficient (Wildman–Crippen LogP) is 4.21. The maximum Gasteiger partial charge on any atom is 0.0791 e. The van der Waals surface area contributed by atoms with Crippen LogP contribution in [-0.2, 0) is 5.41 Å². The zero-order valence-electron chi connectivity index (χ0n) is 10.5. The molecular weight excluding hydrogens is 182 g/mol. The lowest BCUT2D eigenvalue weighted by Gasteiger charge is -2.19. The van der Waals surface area contributed by atoms with Gasteiger partial charge in [0.05, 0.1) is 11.5 Å². The van der Waals surface area contributed by atoms with Crippen LogP contribution in [0, 0.1) is 18.3 Å². The average Bonchev–Trinajstić information content (AvgIpc) is 2.31. The van der Waals surface area contributed by atoms with E-state index in [-0.39, 0.29) is 5.41 Å². The smallest absolute Gasteiger partial charge is 0.0791 e. The molecule has 1 aromatic rings. The molecule has 0 amide bonds. The van der Waals surface area contributed by atoms with Gasteiger partial charge >= 0.3 is 0 Å². The Bertz CT molecular complexity index is 318. The van der Waals surface area contributed by atoms with Crippen molar-refractivity contribution in [1.29, 1.82) is 5.26 Å². The van der Waals surface area contributed by atoms with Crippen LogP contribution in [0.5, 0.6) is 0 Å². The monoisotopic (exact) mass is 203 g/mol. The van der Waals surface area contributed by atoms with Gasteiger partial charge < -0.3 is 0 Å². The van der Waals surface area contributed by atoms with Gasteiger partial charge in [-0.25, -0.2) is 0 Å². The lowest BCUT2D eigenvalue weighted by molar-refractivity contribution is 0.587. The lowest BCUT2D eigenvalue weighted by Crippen LogP contribution is -2.17. The second-order valence-electron chi connectivity index (χ2n) is 3.66. The summed E-state index contributed by atoms with van der Waals surface area (Å²) in [5.74, 6) is 0. The third-order valence-corrected chi connectivity index (χ3v) is 2.64. The summed E-state index contributed by atoms with van der Waals surface area (Å²) in [6.07, 6.45) is 0.854. The highest BCUT2D eigenvalue weighted by atomic mass is 14.3. The van der Waals surface area contributed by atoms with Crippen LogP contribution >= 0.6 is 0 Å². The summed E-state index contributed by atoms with van der Waals surface area (Å²) in [7, 11) is 0. The number of aryl methyl sites for hydroxylation is 1. The average molecular weight is 203 g/mol. The van der Waals surface area contributed by atoms with Gasteiger partial charge in [-0.05, 0) is 25.8 Å². The third kappa shape index (κ3) is 3.40. The van der Waals surface area contributed by atoms with Crippen molar-refractivity contribution in [1.82, 2.24) is 0 Å². The molecule has 0 saturated carbocycles. The van der Waals surface area contributed by atoms with Crippen LogP contribution in [0.3, 0.4) is 0 Å². The first kappa shape index (κ1) is 13.7. The summed E-state index contributed by atoms with van der Waals surface area (Å²) in [5, 5.41) is 9.06. The Labute approximate surface area is 93.7 Å². The summed E-state index contributed by atoms with van der Waals surface area (Å²) < 4.78 is 0. The second-order valence-corrected chi connectivity index (χ2v) is 3.66. The Morgan fingerprint density at radius 1 is 1.20 bits per heavy atom. The van der Waals surface area contributed by atoms with E-state index < -0.39 is 0 Å². The maximum absolute atomic E-state index is 9.06. The fraction of sp³-hybridized carbons (Fsp3) is 0.500. The molecule has 0 bridgehead atoms. The molecule has 0 spiro atoms. The molecule has 0 aliphatic rings. The topological polar surface area (TPSA) is 23.8 Å². The first-order chi connectivity index (χ1) is 7.12. The van der Waals surface area contributed by atoms with Gasteiger partial charge in [0.1, 0.15) is 0 Å². The summed E-state index contributed by atoms with van der Waals surface area (Å²) in [5.41, 5.74) is 2.02. The van der Waals surface area contributed by atoms with Crippen molar-refractivity contribution in [3.8, 4) is 6.07 Å². The Morgan fingerprint density at radius 2 is 1.67 bits per heavy atom. The fourth-order valence-corrected chi connectivity index (χ4v) is 1.27. The molecule has 0 saturated heterocycles. The summed E-state index contributed by atoms with van der Waals surface area (Å²) in [4.78, 5) is 0. The van der Waals surface area contributed by atoms with Gasteiger partial charge in [0.2, 0.25) is 0 Å². The molecule has 15 heavy (non-hydrogen) atoms. The van der Waals surface area contributed by atoms with Crippen molar-refractivity contribution in [3.63, 3.8) is 0 Å². The minimum atomic E-state index is -0.326. The van der Waals surface area contributed by atoms with E-state index in [1.165, 1.54) is 5.56 Å². The van der Waals surface area contributed by atoms with Gasteiger partial charge in [0, 0.05) is 0 Å². The number of rotatable bonds is 2. The van der Waals surface area contributed by atoms with Crippen LogP contribution in [0.4, 0.5) is 0 Å². The molecule has 0 fully saturated rings. The van der Waals surface area contributed by atoms with Crippen molar-refractivity contribution < 1.29 is 0 Å². The van der Waals surface area contributed by atoms with Crippen molar-refractivity contribution in [3.05, 3.63) is 35.4 Å². The third-order valence-electron chi connectivity index (χ3n) is 2.64. The fourth-order valence-electron chi connectivity index (χ4n) is 1.27. The van der Waals surface area contributed by atoms with E-state index in [2.05, 4.69) is 25.1 Å². The summed E-state index contributed by atoms with van der Waals surface area (Å²) >= 11 is 0. The van der Waals surface area contributed by atoms with E-state index in [0.717, 1.165) is 12.0 Å². The molecule has 82 valence electrons. The molecule has 0 aliphatic carbocycles. The normalized spacial score (nSPS) is 13.1. The summed E-state index contributed by atoms with van der Waals surface area (Å²) in [6, 6.07) is 10.6. The molecule has 1 rings (SSSR count). The molecule has 1 aromatic carbocycles. The molecule has 1 unspecified atom stereocenters. The van der Waals surface area contributed by atoms with Crippen LogP contribution in [0.2, 0.25) is 0 Å². The molecule has 1 heteroatoms. The number of benzene rings is 1. The predicted molar refractivity (Wildman–Crippen MR) is 65.8 cm³/mol. The van der Waals surface area contributed by atoms with Crippen molar-refractivity contribution in [2.75, 3.05) is 0 Å². The van der Waals surface area contributed by atoms with Crippen LogP contribution in [0.1, 0.15) is 45.2 Å². The van der Waals surface area contributed by atoms with Crippen LogP contribution in [-0.4, -0.2) is 0 Å². The Morgan fingerprint density at radius 3 is 2.00 bits per heavy atom. The van der Waals surface area contributed by atoms with Gasteiger partial charge in [0.15, 0.2) is 0 Å². The zero-order valence-corrected chi connectivity index (χ0v) is 10.5. The molecule has 0 radical (unpaired) electrons. The molecular formula is C14H21N.